The maximum Gasteiger partial charge on any atom is 0.228 e. The van der Waals surface area contributed by atoms with Crippen molar-refractivity contribution in [3.05, 3.63) is 0 Å². The molecule has 0 aromatic rings. The number of amides is 1. The van der Waals surface area contributed by atoms with E-state index < -0.39 is 0 Å². The molecule has 98 valence electrons. The molecule has 0 spiro atoms. The minimum Gasteiger partial charge on any atom is -0.377 e. The highest BCUT2D eigenvalue weighted by Gasteiger charge is 2.40. The van der Waals surface area contributed by atoms with E-state index in [0.29, 0.717) is 18.5 Å². The van der Waals surface area contributed by atoms with Gasteiger partial charge in [0.05, 0.1) is 12.0 Å². The fourth-order valence-corrected chi connectivity index (χ4v) is 2.67. The van der Waals surface area contributed by atoms with Gasteiger partial charge in [0.15, 0.2) is 0 Å². The highest BCUT2D eigenvalue weighted by atomic mass is 16.5. The number of carbonyl (C=O) groups excluding carboxylic acids is 1. The summed E-state index contributed by atoms with van der Waals surface area (Å²) in [6.45, 7) is 4.32. The Balaban J connectivity index is 1.95. The maximum atomic E-state index is 12.5. The average Bonchev–Trinajstić information content (AvgIpc) is 3.06. The Hall–Kier alpha value is -0.610. The van der Waals surface area contributed by atoms with Crippen LogP contribution in [-0.2, 0) is 9.53 Å². The van der Waals surface area contributed by atoms with Crippen molar-refractivity contribution in [1.82, 2.24) is 4.90 Å². The fourth-order valence-electron chi connectivity index (χ4n) is 2.67. The molecule has 0 aromatic carbocycles. The largest absolute Gasteiger partial charge is 0.377 e. The summed E-state index contributed by atoms with van der Waals surface area (Å²) >= 11 is 0. The standard InChI is InChI=1S/C13H24N2O2/c1-2-12-11(6-9-17-12)13(16)15(8-3-7-14)10-4-5-10/h10-12H,2-9,14H2,1H3. The third-order valence-electron chi connectivity index (χ3n) is 3.80. The van der Waals surface area contributed by atoms with E-state index in [1.165, 1.54) is 12.8 Å². The second-order valence-corrected chi connectivity index (χ2v) is 5.12. The lowest BCUT2D eigenvalue weighted by Crippen LogP contribution is -2.41. The molecule has 1 amide bonds. The second-order valence-electron chi connectivity index (χ2n) is 5.12. The molecule has 0 bridgehead atoms. The van der Waals surface area contributed by atoms with E-state index >= 15 is 0 Å². The number of hydrogen-bond donors (Lipinski definition) is 1. The molecule has 17 heavy (non-hydrogen) atoms. The number of hydrogen-bond acceptors (Lipinski definition) is 3. The van der Waals surface area contributed by atoms with E-state index in [1.54, 1.807) is 0 Å². The highest BCUT2D eigenvalue weighted by Crippen LogP contribution is 2.32. The molecule has 2 rings (SSSR count). The zero-order chi connectivity index (χ0) is 12.3. The number of nitrogens with zero attached hydrogens (tertiary/aromatic N) is 1. The quantitative estimate of drug-likeness (QED) is 0.757. The summed E-state index contributed by atoms with van der Waals surface area (Å²) in [7, 11) is 0. The SMILES string of the molecule is CCC1OCCC1C(=O)N(CCCN)C1CC1. The lowest BCUT2D eigenvalue weighted by Gasteiger charge is -2.27. The van der Waals surface area contributed by atoms with E-state index in [4.69, 9.17) is 10.5 Å². The van der Waals surface area contributed by atoms with Crippen LogP contribution in [0.25, 0.3) is 0 Å². The minimum absolute atomic E-state index is 0.0957. The molecule has 1 aliphatic carbocycles. The van der Waals surface area contributed by atoms with Crippen molar-refractivity contribution in [2.75, 3.05) is 19.7 Å². The number of carbonyl (C=O) groups is 1. The van der Waals surface area contributed by atoms with Gasteiger partial charge in [0, 0.05) is 19.2 Å². The summed E-state index contributed by atoms with van der Waals surface area (Å²) in [5.41, 5.74) is 5.54. The van der Waals surface area contributed by atoms with Gasteiger partial charge in [0.1, 0.15) is 0 Å². The summed E-state index contributed by atoms with van der Waals surface area (Å²) in [6, 6.07) is 0.493. The van der Waals surface area contributed by atoms with E-state index in [-0.39, 0.29) is 12.0 Å². The van der Waals surface area contributed by atoms with Crippen LogP contribution in [0.2, 0.25) is 0 Å². The van der Waals surface area contributed by atoms with Crippen molar-refractivity contribution in [2.24, 2.45) is 11.7 Å². The molecule has 4 heteroatoms. The van der Waals surface area contributed by atoms with E-state index in [9.17, 15) is 4.79 Å². The Morgan fingerprint density at radius 1 is 1.41 bits per heavy atom. The van der Waals surface area contributed by atoms with Crippen LogP contribution < -0.4 is 5.73 Å². The van der Waals surface area contributed by atoms with Gasteiger partial charge in [-0.1, -0.05) is 6.92 Å². The first-order valence-corrected chi connectivity index (χ1v) is 6.90. The van der Waals surface area contributed by atoms with Crippen LogP contribution in [0.15, 0.2) is 0 Å². The minimum atomic E-state index is 0.0957. The third kappa shape index (κ3) is 2.99. The average molecular weight is 240 g/mol. The van der Waals surface area contributed by atoms with Gasteiger partial charge in [-0.15, -0.1) is 0 Å². The van der Waals surface area contributed by atoms with Crippen molar-refractivity contribution in [2.45, 2.75) is 51.2 Å². The first kappa shape index (κ1) is 12.8. The summed E-state index contributed by atoms with van der Waals surface area (Å²) in [4.78, 5) is 14.6. The Bertz CT molecular complexity index is 266. The van der Waals surface area contributed by atoms with Crippen LogP contribution in [0.5, 0.6) is 0 Å². The Labute approximate surface area is 103 Å². The lowest BCUT2D eigenvalue weighted by molar-refractivity contribution is -0.138. The summed E-state index contributed by atoms with van der Waals surface area (Å²) in [6.07, 6.45) is 5.21. The zero-order valence-corrected chi connectivity index (χ0v) is 10.7. The molecule has 2 N–H and O–H groups in total. The molecule has 1 heterocycles. The molecule has 2 aliphatic rings. The summed E-state index contributed by atoms with van der Waals surface area (Å²) in [5.74, 6) is 0.406. The molecule has 1 saturated carbocycles. The van der Waals surface area contributed by atoms with Crippen LogP contribution in [0.4, 0.5) is 0 Å². The van der Waals surface area contributed by atoms with Gasteiger partial charge in [-0.25, -0.2) is 0 Å². The predicted octanol–water partition coefficient (Wildman–Crippen LogP) is 1.14. The van der Waals surface area contributed by atoms with Gasteiger partial charge in [0.2, 0.25) is 5.91 Å². The van der Waals surface area contributed by atoms with E-state index in [2.05, 4.69) is 11.8 Å². The van der Waals surface area contributed by atoms with Crippen molar-refractivity contribution in [1.29, 1.82) is 0 Å². The van der Waals surface area contributed by atoms with E-state index in [1.807, 2.05) is 0 Å². The lowest BCUT2D eigenvalue weighted by atomic mass is 9.97. The Kier molecular flexibility index (Phi) is 4.40. The van der Waals surface area contributed by atoms with Crippen LogP contribution in [-0.4, -0.2) is 42.6 Å². The normalized spacial score (nSPS) is 28.4. The molecule has 1 saturated heterocycles. The third-order valence-corrected chi connectivity index (χ3v) is 3.80. The van der Waals surface area contributed by atoms with E-state index in [0.717, 1.165) is 32.4 Å². The topological polar surface area (TPSA) is 55.6 Å². The highest BCUT2D eigenvalue weighted by molar-refractivity contribution is 5.80. The van der Waals surface area contributed by atoms with Crippen molar-refractivity contribution >= 4 is 5.91 Å². The van der Waals surface area contributed by atoms with Gasteiger partial charge < -0.3 is 15.4 Å². The van der Waals surface area contributed by atoms with Gasteiger partial charge >= 0.3 is 0 Å². The Morgan fingerprint density at radius 3 is 2.76 bits per heavy atom. The first-order valence-electron chi connectivity index (χ1n) is 6.90. The van der Waals surface area contributed by atoms with Gasteiger partial charge in [0.25, 0.3) is 0 Å². The smallest absolute Gasteiger partial charge is 0.228 e. The number of nitrogens with two attached hydrogens (primary N) is 1. The number of ether oxygens (including phenoxy) is 1. The molecule has 2 atom stereocenters. The molecule has 4 nitrogen and oxygen atoms in total. The van der Waals surface area contributed by atoms with Crippen molar-refractivity contribution in [3.63, 3.8) is 0 Å². The summed E-state index contributed by atoms with van der Waals surface area (Å²) < 4.78 is 5.62. The Morgan fingerprint density at radius 2 is 2.18 bits per heavy atom. The van der Waals surface area contributed by atoms with Crippen molar-refractivity contribution in [3.8, 4) is 0 Å². The van der Waals surface area contributed by atoms with Crippen LogP contribution >= 0.6 is 0 Å². The van der Waals surface area contributed by atoms with Crippen LogP contribution in [0.1, 0.15) is 39.0 Å². The zero-order valence-electron chi connectivity index (χ0n) is 10.7. The first-order chi connectivity index (χ1) is 8.27. The second kappa shape index (κ2) is 5.83. The maximum absolute atomic E-state index is 12.5. The molecule has 2 unspecified atom stereocenters. The number of rotatable bonds is 6. The van der Waals surface area contributed by atoms with Crippen LogP contribution in [0, 0.1) is 5.92 Å². The monoisotopic (exact) mass is 240 g/mol. The summed E-state index contributed by atoms with van der Waals surface area (Å²) in [5, 5.41) is 0. The molecule has 1 aliphatic heterocycles. The molecular formula is C13H24N2O2. The molecule has 0 aromatic heterocycles. The molecule has 0 radical (unpaired) electrons. The van der Waals surface area contributed by atoms with Gasteiger partial charge in [-0.2, -0.15) is 0 Å². The molecular weight excluding hydrogens is 216 g/mol. The van der Waals surface area contributed by atoms with Gasteiger partial charge in [-0.3, -0.25) is 4.79 Å². The van der Waals surface area contributed by atoms with Gasteiger partial charge in [-0.05, 0) is 38.6 Å². The van der Waals surface area contributed by atoms with Crippen molar-refractivity contribution < 1.29 is 9.53 Å². The van der Waals surface area contributed by atoms with Crippen LogP contribution in [0.3, 0.4) is 0 Å². The fraction of sp³-hybridized carbons (Fsp3) is 0.923. The predicted molar refractivity (Wildman–Crippen MR) is 66.5 cm³/mol. The molecule has 2 fully saturated rings.